The number of likely N-dealkylation sites (N-methyl/N-ethyl adjacent to an activating group) is 1. The van der Waals surface area contributed by atoms with Crippen molar-refractivity contribution in [2.24, 2.45) is 0 Å². The molecule has 0 spiro atoms. The number of para-hydroxylation sites is 1. The lowest BCUT2D eigenvalue weighted by atomic mass is 10.3. The van der Waals surface area contributed by atoms with E-state index in [1.165, 1.54) is 0 Å². The van der Waals surface area contributed by atoms with Crippen molar-refractivity contribution in [3.05, 3.63) is 30.3 Å². The van der Waals surface area contributed by atoms with Gasteiger partial charge in [-0.25, -0.2) is 4.68 Å². The third kappa shape index (κ3) is 3.24. The zero-order chi connectivity index (χ0) is 16.1. The summed E-state index contributed by atoms with van der Waals surface area (Å²) in [4.78, 5) is 2.31. The van der Waals surface area contributed by atoms with E-state index in [1.54, 1.807) is 9.36 Å². The maximum absolute atomic E-state index is 4.09. The summed E-state index contributed by atoms with van der Waals surface area (Å²) in [6, 6.07) is 9.68. The van der Waals surface area contributed by atoms with Crippen LogP contribution in [0.4, 0.5) is 0 Å². The van der Waals surface area contributed by atoms with Gasteiger partial charge in [0.1, 0.15) is 0 Å². The molecule has 9 nitrogen and oxygen atoms in total. The summed E-state index contributed by atoms with van der Waals surface area (Å²) in [5, 5.41) is 23.8. The highest BCUT2D eigenvalue weighted by molar-refractivity contribution is 5.47. The zero-order valence-electron chi connectivity index (χ0n) is 13.2. The van der Waals surface area contributed by atoms with Gasteiger partial charge < -0.3 is 4.90 Å². The molecule has 3 rings (SSSR count). The lowest BCUT2D eigenvalue weighted by Crippen LogP contribution is -2.27. The number of tetrazole rings is 2. The lowest BCUT2D eigenvalue weighted by molar-refractivity contribution is 0.284. The smallest absolute Gasteiger partial charge is 0.226 e. The van der Waals surface area contributed by atoms with E-state index < -0.39 is 0 Å². The molecule has 0 radical (unpaired) electrons. The normalized spacial score (nSPS) is 11.3. The van der Waals surface area contributed by atoms with Crippen molar-refractivity contribution in [3.8, 4) is 17.3 Å². The topological polar surface area (TPSA) is 90.4 Å². The Morgan fingerprint density at radius 2 is 1.61 bits per heavy atom. The van der Waals surface area contributed by atoms with Gasteiger partial charge in [-0.05, 0) is 46.1 Å². The van der Waals surface area contributed by atoms with Crippen molar-refractivity contribution >= 4 is 0 Å². The predicted molar refractivity (Wildman–Crippen MR) is 83.8 cm³/mol. The summed E-state index contributed by atoms with van der Waals surface area (Å²) in [5.41, 5.74) is 0.866. The molecule has 2 heterocycles. The Balaban J connectivity index is 1.87. The largest absolute Gasteiger partial charge is 0.302 e. The van der Waals surface area contributed by atoms with Crippen LogP contribution in [-0.2, 0) is 6.54 Å². The first-order valence-electron chi connectivity index (χ1n) is 7.66. The van der Waals surface area contributed by atoms with Crippen molar-refractivity contribution in [3.63, 3.8) is 0 Å². The Hall–Kier alpha value is -2.68. The average Bonchev–Trinajstić information content (AvgIpc) is 3.25. The van der Waals surface area contributed by atoms with Gasteiger partial charge in [-0.2, -0.15) is 4.68 Å². The maximum Gasteiger partial charge on any atom is 0.226 e. The Morgan fingerprint density at radius 3 is 2.35 bits per heavy atom. The second-order valence-corrected chi connectivity index (χ2v) is 5.00. The van der Waals surface area contributed by atoms with Gasteiger partial charge in [0.15, 0.2) is 0 Å². The fraction of sp³-hybridized carbons (Fsp3) is 0.429. The summed E-state index contributed by atoms with van der Waals surface area (Å²) in [7, 11) is 0. The van der Waals surface area contributed by atoms with E-state index in [0.717, 1.165) is 25.3 Å². The lowest BCUT2D eigenvalue weighted by Gasteiger charge is -2.17. The first-order valence-corrected chi connectivity index (χ1v) is 7.66. The summed E-state index contributed by atoms with van der Waals surface area (Å²) < 4.78 is 3.38. The van der Waals surface area contributed by atoms with Gasteiger partial charge in [0.2, 0.25) is 11.6 Å². The molecule has 0 N–H and O–H groups in total. The van der Waals surface area contributed by atoms with Crippen LogP contribution in [-0.4, -0.2) is 64.9 Å². The Bertz CT molecular complexity index is 730. The van der Waals surface area contributed by atoms with Gasteiger partial charge in [-0.3, -0.25) is 0 Å². The zero-order valence-corrected chi connectivity index (χ0v) is 13.2. The predicted octanol–water partition coefficient (Wildman–Crippen LogP) is 0.658. The van der Waals surface area contributed by atoms with Crippen LogP contribution in [0.15, 0.2) is 30.3 Å². The molecule has 0 amide bonds. The quantitative estimate of drug-likeness (QED) is 0.632. The highest BCUT2D eigenvalue weighted by atomic mass is 15.6. The molecule has 0 saturated heterocycles. The number of benzene rings is 1. The highest BCUT2D eigenvalue weighted by Gasteiger charge is 2.18. The molecule has 120 valence electrons. The number of nitrogens with zero attached hydrogens (tertiary/aromatic N) is 9. The number of rotatable bonds is 7. The second kappa shape index (κ2) is 7.05. The molecular weight excluding hydrogens is 294 g/mol. The van der Waals surface area contributed by atoms with Gasteiger partial charge in [0.05, 0.1) is 12.2 Å². The number of hydrogen-bond acceptors (Lipinski definition) is 7. The van der Waals surface area contributed by atoms with Crippen LogP contribution >= 0.6 is 0 Å². The standard InChI is InChI=1S/C14H19N9/c1-3-21(4-2)10-11-22-13(15-17-19-22)14-16-18-20-23(14)12-8-6-5-7-9-12/h5-9H,3-4,10-11H2,1-2H3. The SMILES string of the molecule is CCN(CC)CCn1nnnc1-c1nnnn1-c1ccccc1. The molecule has 2 aromatic heterocycles. The molecule has 23 heavy (non-hydrogen) atoms. The minimum Gasteiger partial charge on any atom is -0.302 e. The van der Waals surface area contributed by atoms with Crippen LogP contribution < -0.4 is 0 Å². The van der Waals surface area contributed by atoms with E-state index in [9.17, 15) is 0 Å². The monoisotopic (exact) mass is 313 g/mol. The summed E-state index contributed by atoms with van der Waals surface area (Å²) in [6.45, 7) is 7.83. The number of hydrogen-bond donors (Lipinski definition) is 0. The molecule has 0 unspecified atom stereocenters. The molecule has 0 aliphatic heterocycles. The van der Waals surface area contributed by atoms with Gasteiger partial charge in [0.25, 0.3) is 0 Å². The summed E-state index contributed by atoms with van der Waals surface area (Å²) >= 11 is 0. The molecule has 0 bridgehead atoms. The van der Waals surface area contributed by atoms with Crippen molar-refractivity contribution in [1.82, 2.24) is 45.3 Å². The van der Waals surface area contributed by atoms with Crippen molar-refractivity contribution in [2.45, 2.75) is 20.4 Å². The minimum atomic E-state index is 0.528. The van der Waals surface area contributed by atoms with E-state index in [4.69, 9.17) is 0 Å². The molecule has 0 atom stereocenters. The molecule has 0 saturated carbocycles. The van der Waals surface area contributed by atoms with Gasteiger partial charge >= 0.3 is 0 Å². The summed E-state index contributed by atoms with van der Waals surface area (Å²) in [6.07, 6.45) is 0. The first kappa shape index (κ1) is 15.2. The van der Waals surface area contributed by atoms with Gasteiger partial charge in [0, 0.05) is 6.54 Å². The van der Waals surface area contributed by atoms with Crippen molar-refractivity contribution < 1.29 is 0 Å². The molecule has 1 aromatic carbocycles. The second-order valence-electron chi connectivity index (χ2n) is 5.00. The van der Waals surface area contributed by atoms with Crippen LogP contribution in [0.5, 0.6) is 0 Å². The van der Waals surface area contributed by atoms with Crippen molar-refractivity contribution in [2.75, 3.05) is 19.6 Å². The van der Waals surface area contributed by atoms with E-state index in [0.29, 0.717) is 18.2 Å². The van der Waals surface area contributed by atoms with E-state index in [-0.39, 0.29) is 0 Å². The molecule has 3 aromatic rings. The van der Waals surface area contributed by atoms with E-state index in [1.807, 2.05) is 30.3 Å². The molecule has 0 fully saturated rings. The van der Waals surface area contributed by atoms with E-state index in [2.05, 4.69) is 49.8 Å². The van der Waals surface area contributed by atoms with Gasteiger partial charge in [-0.1, -0.05) is 32.0 Å². The number of aromatic nitrogens is 8. The third-order valence-electron chi connectivity index (χ3n) is 3.72. The van der Waals surface area contributed by atoms with Crippen LogP contribution in [0.25, 0.3) is 17.3 Å². The first-order chi connectivity index (χ1) is 11.3. The molecule has 0 aliphatic rings. The Labute approximate surface area is 133 Å². The summed E-state index contributed by atoms with van der Waals surface area (Å²) in [5.74, 6) is 1.09. The van der Waals surface area contributed by atoms with E-state index >= 15 is 0 Å². The molecular formula is C14H19N9. The van der Waals surface area contributed by atoms with Crippen LogP contribution in [0.1, 0.15) is 13.8 Å². The van der Waals surface area contributed by atoms with Gasteiger partial charge in [-0.15, -0.1) is 10.2 Å². The molecule has 9 heteroatoms. The fourth-order valence-electron chi connectivity index (χ4n) is 2.36. The molecule has 0 aliphatic carbocycles. The van der Waals surface area contributed by atoms with Crippen LogP contribution in [0.3, 0.4) is 0 Å². The minimum absolute atomic E-state index is 0.528. The maximum atomic E-state index is 4.09. The fourth-order valence-corrected chi connectivity index (χ4v) is 2.36. The third-order valence-corrected chi connectivity index (χ3v) is 3.72. The van der Waals surface area contributed by atoms with Crippen LogP contribution in [0.2, 0.25) is 0 Å². The van der Waals surface area contributed by atoms with Crippen molar-refractivity contribution in [1.29, 1.82) is 0 Å². The Kier molecular flexibility index (Phi) is 4.67. The van der Waals surface area contributed by atoms with Crippen LogP contribution in [0, 0.1) is 0 Å². The Morgan fingerprint density at radius 1 is 0.913 bits per heavy atom. The average molecular weight is 313 g/mol. The highest BCUT2D eigenvalue weighted by Crippen LogP contribution is 2.16.